The molecule has 4 aromatic carbocycles. The molecule has 51 heavy (non-hydrogen) atoms. The highest BCUT2D eigenvalue weighted by Crippen LogP contribution is 2.50. The molecule has 2 atom stereocenters. The normalized spacial score (nSPS) is 17.6. The van der Waals surface area contributed by atoms with Crippen molar-refractivity contribution in [1.82, 2.24) is 0 Å². The molecule has 2 saturated heterocycles. The molecule has 2 fully saturated rings. The molecule has 266 valence electrons. The first-order chi connectivity index (χ1) is 24.7. The van der Waals surface area contributed by atoms with Crippen LogP contribution in [0.2, 0.25) is 0 Å². The summed E-state index contributed by atoms with van der Waals surface area (Å²) in [6.07, 6.45) is 6.35. The van der Waals surface area contributed by atoms with Crippen molar-refractivity contribution in [3.05, 3.63) is 107 Å². The maximum atomic E-state index is 14.9. The number of unbranched alkanes of at least 4 members (excludes halogenated alkanes) is 2. The van der Waals surface area contributed by atoms with Gasteiger partial charge >= 0.3 is 11.9 Å². The lowest BCUT2D eigenvalue weighted by atomic mass is 9.82. The summed E-state index contributed by atoms with van der Waals surface area (Å²) in [6, 6.07) is 18.8. The molecule has 2 unspecified atom stereocenters. The minimum atomic E-state index is -0.822. The van der Waals surface area contributed by atoms with Gasteiger partial charge in [0.2, 0.25) is 0 Å². The zero-order chi connectivity index (χ0) is 35.5. The number of fused-ring (bicyclic) bond motifs is 3. The smallest absolute Gasteiger partial charge is 0.346 e. The first kappa shape index (κ1) is 34.6. The Morgan fingerprint density at radius 3 is 1.43 bits per heavy atom. The average Bonchev–Trinajstić information content (AvgIpc) is 4.05. The molecular weight excluding hydrogens is 658 g/mol. The number of epoxide rings is 2. The van der Waals surface area contributed by atoms with Gasteiger partial charge in [0.1, 0.15) is 34.6 Å². The van der Waals surface area contributed by atoms with E-state index in [1.165, 1.54) is 24.3 Å². The van der Waals surface area contributed by atoms with Crippen molar-refractivity contribution in [2.75, 3.05) is 26.4 Å². The van der Waals surface area contributed by atoms with Crippen LogP contribution in [0.15, 0.2) is 72.8 Å². The van der Waals surface area contributed by atoms with Crippen LogP contribution in [0.3, 0.4) is 0 Å². The van der Waals surface area contributed by atoms with E-state index in [9.17, 15) is 18.4 Å². The molecule has 0 spiro atoms. The minimum absolute atomic E-state index is 0.198. The Hall–Kier alpha value is -4.80. The van der Waals surface area contributed by atoms with Gasteiger partial charge in [-0.05, 0) is 109 Å². The van der Waals surface area contributed by atoms with Crippen LogP contribution in [0.25, 0.3) is 11.1 Å². The van der Waals surface area contributed by atoms with Gasteiger partial charge in [-0.1, -0.05) is 26.0 Å². The van der Waals surface area contributed by atoms with Crippen molar-refractivity contribution < 1.29 is 46.8 Å². The van der Waals surface area contributed by atoms with Gasteiger partial charge in [0.05, 0.1) is 49.8 Å². The predicted octanol–water partition coefficient (Wildman–Crippen LogP) is 8.61. The third kappa shape index (κ3) is 8.24. The second kappa shape index (κ2) is 14.8. The maximum Gasteiger partial charge on any atom is 0.346 e. The first-order valence-corrected chi connectivity index (χ1v) is 17.5. The third-order valence-corrected chi connectivity index (χ3v) is 9.54. The Balaban J connectivity index is 0.963. The van der Waals surface area contributed by atoms with E-state index in [2.05, 4.69) is 0 Å². The Morgan fingerprint density at radius 2 is 1.04 bits per heavy atom. The summed E-state index contributed by atoms with van der Waals surface area (Å²) in [7, 11) is 0. The van der Waals surface area contributed by atoms with Gasteiger partial charge in [-0.3, -0.25) is 0 Å². The van der Waals surface area contributed by atoms with Crippen LogP contribution in [0.5, 0.6) is 23.0 Å². The fourth-order valence-corrected chi connectivity index (χ4v) is 6.45. The zero-order valence-electron chi connectivity index (χ0n) is 28.7. The monoisotopic (exact) mass is 698 g/mol. The molecule has 8 nitrogen and oxygen atoms in total. The van der Waals surface area contributed by atoms with Crippen molar-refractivity contribution in [1.29, 1.82) is 0 Å². The van der Waals surface area contributed by atoms with E-state index in [-0.39, 0.29) is 22.6 Å². The van der Waals surface area contributed by atoms with E-state index in [0.29, 0.717) is 36.9 Å². The Bertz CT molecular complexity index is 1790. The second-order valence-corrected chi connectivity index (χ2v) is 13.7. The molecule has 7 rings (SSSR count). The molecule has 2 heterocycles. The fourth-order valence-electron chi connectivity index (χ4n) is 6.45. The van der Waals surface area contributed by atoms with Crippen LogP contribution in [0, 0.1) is 11.6 Å². The standard InChI is InChI=1S/C41H40F2O8/c1-41(2)35-19-27(50-39(44)33-15-9-25(21-37(33)42)46-17-5-3-7-29-23-48-29)11-13-31(35)32-14-12-28(20-36(32)41)51-40(45)34-16-10-26(22-38(34)43)47-18-6-4-8-30-24-49-30/h9-16,19-22,29-30H,3-8,17-18,23-24H2,1-2H3. The first-order valence-electron chi connectivity index (χ1n) is 17.5. The van der Waals surface area contributed by atoms with Crippen LogP contribution >= 0.6 is 0 Å². The number of rotatable bonds is 16. The molecular formula is C41H40F2O8. The topological polar surface area (TPSA) is 96.1 Å². The second-order valence-electron chi connectivity index (χ2n) is 13.7. The fraction of sp³-hybridized carbons (Fsp3) is 0.366. The lowest BCUT2D eigenvalue weighted by Crippen LogP contribution is -2.16. The van der Waals surface area contributed by atoms with E-state index in [1.807, 2.05) is 26.0 Å². The van der Waals surface area contributed by atoms with E-state index >= 15 is 0 Å². The summed E-state index contributed by atoms with van der Waals surface area (Å²) < 4.78 is 62.8. The van der Waals surface area contributed by atoms with Crippen LogP contribution in [-0.4, -0.2) is 50.6 Å². The Morgan fingerprint density at radius 1 is 0.627 bits per heavy atom. The number of esters is 2. The van der Waals surface area contributed by atoms with Gasteiger partial charge in [0.15, 0.2) is 0 Å². The molecule has 1 aliphatic carbocycles. The predicted molar refractivity (Wildman–Crippen MR) is 185 cm³/mol. The number of hydrogen-bond acceptors (Lipinski definition) is 8. The quantitative estimate of drug-likeness (QED) is 0.0497. The van der Waals surface area contributed by atoms with Gasteiger partial charge in [0.25, 0.3) is 0 Å². The van der Waals surface area contributed by atoms with Gasteiger partial charge in [-0.2, -0.15) is 0 Å². The highest BCUT2D eigenvalue weighted by atomic mass is 19.1. The summed E-state index contributed by atoms with van der Waals surface area (Å²) in [5.41, 5.74) is 2.65. The van der Waals surface area contributed by atoms with Gasteiger partial charge in [0, 0.05) is 17.5 Å². The van der Waals surface area contributed by atoms with Crippen molar-refractivity contribution in [3.63, 3.8) is 0 Å². The molecule has 0 N–H and O–H groups in total. The zero-order valence-corrected chi connectivity index (χ0v) is 28.7. The molecule has 0 bridgehead atoms. The SMILES string of the molecule is CC1(C)c2cc(OC(=O)c3ccc(OCCCCC4CO4)cc3F)ccc2-c2ccc(OC(=O)c3ccc(OCCCCC4CO4)cc3F)cc21. The summed E-state index contributed by atoms with van der Waals surface area (Å²) in [4.78, 5) is 26.0. The number of hydrogen-bond donors (Lipinski definition) is 0. The molecule has 0 aromatic heterocycles. The van der Waals surface area contributed by atoms with E-state index < -0.39 is 29.0 Å². The number of carbonyl (C=O) groups excluding carboxylic acids is 2. The number of ether oxygens (including phenoxy) is 6. The highest BCUT2D eigenvalue weighted by Gasteiger charge is 2.36. The van der Waals surface area contributed by atoms with E-state index in [1.54, 1.807) is 36.4 Å². The summed E-state index contributed by atoms with van der Waals surface area (Å²) in [5, 5.41) is 0. The Kier molecular flexibility index (Phi) is 10.1. The number of halogens is 2. The van der Waals surface area contributed by atoms with Crippen molar-refractivity contribution >= 4 is 11.9 Å². The third-order valence-electron chi connectivity index (χ3n) is 9.54. The molecule has 10 heteroatoms. The minimum Gasteiger partial charge on any atom is -0.493 e. The van der Waals surface area contributed by atoms with E-state index in [4.69, 9.17) is 28.4 Å². The van der Waals surface area contributed by atoms with Gasteiger partial charge in [-0.25, -0.2) is 18.4 Å². The van der Waals surface area contributed by atoms with Crippen LogP contribution in [-0.2, 0) is 14.9 Å². The lowest BCUT2D eigenvalue weighted by molar-refractivity contribution is 0.0719. The van der Waals surface area contributed by atoms with Gasteiger partial charge < -0.3 is 28.4 Å². The molecule has 0 saturated carbocycles. The van der Waals surface area contributed by atoms with Crippen molar-refractivity contribution in [2.24, 2.45) is 0 Å². The number of benzene rings is 4. The summed E-state index contributed by atoms with van der Waals surface area (Å²) in [5.74, 6) is -1.87. The van der Waals surface area contributed by atoms with Crippen molar-refractivity contribution in [2.45, 2.75) is 70.0 Å². The van der Waals surface area contributed by atoms with Crippen LogP contribution in [0.4, 0.5) is 8.78 Å². The maximum absolute atomic E-state index is 14.9. The largest absolute Gasteiger partial charge is 0.493 e. The molecule has 0 amide bonds. The van der Waals surface area contributed by atoms with Crippen molar-refractivity contribution in [3.8, 4) is 34.1 Å². The molecule has 2 aliphatic heterocycles. The summed E-state index contributed by atoms with van der Waals surface area (Å²) in [6.45, 7) is 6.57. The number of carbonyl (C=O) groups is 2. The lowest BCUT2D eigenvalue weighted by Gasteiger charge is -2.22. The average molecular weight is 699 g/mol. The van der Waals surface area contributed by atoms with Gasteiger partial charge in [-0.15, -0.1) is 0 Å². The summed E-state index contributed by atoms with van der Waals surface area (Å²) >= 11 is 0. The Labute approximate surface area is 295 Å². The highest BCUT2D eigenvalue weighted by molar-refractivity contribution is 5.93. The van der Waals surface area contributed by atoms with E-state index in [0.717, 1.165) is 74.0 Å². The van der Waals surface area contributed by atoms with Crippen LogP contribution < -0.4 is 18.9 Å². The molecule has 4 aromatic rings. The van der Waals surface area contributed by atoms with Crippen LogP contribution in [0.1, 0.15) is 84.2 Å². The molecule has 0 radical (unpaired) electrons. The molecule has 3 aliphatic rings.